The molecule has 0 bridgehead atoms. The highest BCUT2D eigenvalue weighted by atomic mass is 32.1. The van der Waals surface area contributed by atoms with Crippen molar-refractivity contribution in [1.29, 1.82) is 0 Å². The highest BCUT2D eigenvalue weighted by Crippen LogP contribution is 2.31. The average Bonchev–Trinajstić information content (AvgIpc) is 2.70. The summed E-state index contributed by atoms with van der Waals surface area (Å²) in [5.41, 5.74) is 2.83. The topological polar surface area (TPSA) is 0 Å². The largest absolute Gasteiger partial charge is 0.144 e. The first-order chi connectivity index (χ1) is 6.79. The molecule has 1 heteroatoms. The summed E-state index contributed by atoms with van der Waals surface area (Å²) in [6, 6.07) is 13.0. The van der Waals surface area contributed by atoms with Crippen LogP contribution in [0.4, 0.5) is 0 Å². The molecule has 14 heavy (non-hydrogen) atoms. The van der Waals surface area contributed by atoms with E-state index in [1.807, 2.05) is 11.3 Å². The lowest BCUT2D eigenvalue weighted by Crippen LogP contribution is -1.89. The Hall–Kier alpha value is -1.08. The zero-order valence-electron chi connectivity index (χ0n) is 8.53. The Balaban J connectivity index is 2.53. The fraction of sp³-hybridized carbons (Fsp3) is 0.231. The first kappa shape index (κ1) is 9.47. The summed E-state index contributed by atoms with van der Waals surface area (Å²) in [5.74, 6) is 0.591. The molecule has 2 rings (SSSR count). The predicted molar refractivity (Wildman–Crippen MR) is 63.8 cm³/mol. The van der Waals surface area contributed by atoms with Crippen molar-refractivity contribution in [3.8, 4) is 10.4 Å². The molecule has 0 nitrogen and oxygen atoms in total. The summed E-state index contributed by atoms with van der Waals surface area (Å²) >= 11 is 1.81. The first-order valence-electron chi connectivity index (χ1n) is 4.92. The minimum atomic E-state index is 0.591. The van der Waals surface area contributed by atoms with Crippen LogP contribution in [0.15, 0.2) is 41.8 Å². The van der Waals surface area contributed by atoms with Crippen LogP contribution in [0.2, 0.25) is 0 Å². The highest BCUT2D eigenvalue weighted by Gasteiger charge is 2.07. The molecule has 0 saturated carbocycles. The van der Waals surface area contributed by atoms with Crippen LogP contribution in [0.3, 0.4) is 0 Å². The van der Waals surface area contributed by atoms with Gasteiger partial charge in [0.15, 0.2) is 0 Å². The molecule has 0 atom stereocenters. The van der Waals surface area contributed by atoms with Crippen molar-refractivity contribution in [2.45, 2.75) is 19.8 Å². The van der Waals surface area contributed by atoms with Gasteiger partial charge in [-0.25, -0.2) is 0 Å². The van der Waals surface area contributed by atoms with Crippen LogP contribution in [-0.4, -0.2) is 0 Å². The predicted octanol–water partition coefficient (Wildman–Crippen LogP) is 4.54. The third-order valence-electron chi connectivity index (χ3n) is 2.37. The van der Waals surface area contributed by atoms with Gasteiger partial charge in [-0.2, -0.15) is 0 Å². The maximum atomic E-state index is 2.24. The molecular formula is C13H14S. The fourth-order valence-electron chi connectivity index (χ4n) is 1.66. The standard InChI is InChI=1S/C13H14S/c1-10(2)11-6-3-4-7-12(11)13-8-5-9-14-13/h3-10H,1-2H3. The van der Waals surface area contributed by atoms with Gasteiger partial charge in [-0.3, -0.25) is 0 Å². The van der Waals surface area contributed by atoms with Crippen LogP contribution in [0.25, 0.3) is 10.4 Å². The van der Waals surface area contributed by atoms with Crippen molar-refractivity contribution in [3.05, 3.63) is 47.3 Å². The summed E-state index contributed by atoms with van der Waals surface area (Å²) in [5, 5.41) is 2.13. The molecule has 72 valence electrons. The summed E-state index contributed by atoms with van der Waals surface area (Å²) in [7, 11) is 0. The van der Waals surface area contributed by atoms with Crippen LogP contribution in [0.5, 0.6) is 0 Å². The van der Waals surface area contributed by atoms with E-state index in [4.69, 9.17) is 0 Å². The van der Waals surface area contributed by atoms with Crippen LogP contribution in [0.1, 0.15) is 25.3 Å². The van der Waals surface area contributed by atoms with E-state index in [0.717, 1.165) is 0 Å². The van der Waals surface area contributed by atoms with E-state index in [1.54, 1.807) is 0 Å². The maximum absolute atomic E-state index is 2.24. The smallest absolute Gasteiger partial charge is 0.0345 e. The third kappa shape index (κ3) is 1.73. The SMILES string of the molecule is CC(C)c1ccccc1-c1cccs1. The van der Waals surface area contributed by atoms with E-state index in [9.17, 15) is 0 Å². The second kappa shape index (κ2) is 3.97. The van der Waals surface area contributed by atoms with Crippen LogP contribution < -0.4 is 0 Å². The molecule has 1 heterocycles. The van der Waals surface area contributed by atoms with Crippen molar-refractivity contribution in [2.24, 2.45) is 0 Å². The normalized spacial score (nSPS) is 10.8. The van der Waals surface area contributed by atoms with Gasteiger partial charge in [-0.05, 0) is 28.5 Å². The van der Waals surface area contributed by atoms with Gasteiger partial charge in [0.25, 0.3) is 0 Å². The summed E-state index contributed by atoms with van der Waals surface area (Å²) in [6.07, 6.45) is 0. The minimum absolute atomic E-state index is 0.591. The molecule has 0 aliphatic carbocycles. The van der Waals surface area contributed by atoms with Crippen molar-refractivity contribution >= 4 is 11.3 Å². The van der Waals surface area contributed by atoms with E-state index in [-0.39, 0.29) is 0 Å². The van der Waals surface area contributed by atoms with E-state index in [2.05, 4.69) is 55.6 Å². The Morgan fingerprint density at radius 1 is 1.00 bits per heavy atom. The monoisotopic (exact) mass is 202 g/mol. The molecule has 0 fully saturated rings. The second-order valence-electron chi connectivity index (χ2n) is 3.72. The quantitative estimate of drug-likeness (QED) is 0.670. The summed E-state index contributed by atoms with van der Waals surface area (Å²) < 4.78 is 0. The molecule has 0 aliphatic rings. The molecule has 0 unspecified atom stereocenters. The molecule has 0 radical (unpaired) electrons. The zero-order chi connectivity index (χ0) is 9.97. The van der Waals surface area contributed by atoms with E-state index >= 15 is 0 Å². The lowest BCUT2D eigenvalue weighted by atomic mass is 9.96. The number of hydrogen-bond donors (Lipinski definition) is 0. The van der Waals surface area contributed by atoms with Crippen molar-refractivity contribution in [3.63, 3.8) is 0 Å². The van der Waals surface area contributed by atoms with Gasteiger partial charge in [0, 0.05) is 4.88 Å². The molecule has 0 amide bonds. The third-order valence-corrected chi connectivity index (χ3v) is 3.27. The van der Waals surface area contributed by atoms with Crippen molar-refractivity contribution < 1.29 is 0 Å². The number of hydrogen-bond acceptors (Lipinski definition) is 1. The minimum Gasteiger partial charge on any atom is -0.144 e. The van der Waals surface area contributed by atoms with E-state index in [0.29, 0.717) is 5.92 Å². The second-order valence-corrected chi connectivity index (χ2v) is 4.67. The fourth-order valence-corrected chi connectivity index (χ4v) is 2.43. The first-order valence-corrected chi connectivity index (χ1v) is 5.80. The molecule has 1 aromatic heterocycles. The highest BCUT2D eigenvalue weighted by molar-refractivity contribution is 7.13. The summed E-state index contributed by atoms with van der Waals surface area (Å²) in [4.78, 5) is 1.37. The number of rotatable bonds is 2. The molecular weight excluding hydrogens is 188 g/mol. The van der Waals surface area contributed by atoms with Crippen LogP contribution in [-0.2, 0) is 0 Å². The Morgan fingerprint density at radius 3 is 2.43 bits per heavy atom. The van der Waals surface area contributed by atoms with Gasteiger partial charge < -0.3 is 0 Å². The molecule has 0 spiro atoms. The molecule has 0 N–H and O–H groups in total. The van der Waals surface area contributed by atoms with Crippen molar-refractivity contribution in [2.75, 3.05) is 0 Å². The van der Waals surface area contributed by atoms with Crippen LogP contribution >= 0.6 is 11.3 Å². The zero-order valence-corrected chi connectivity index (χ0v) is 9.34. The van der Waals surface area contributed by atoms with Gasteiger partial charge in [0.1, 0.15) is 0 Å². The molecule has 2 aromatic rings. The van der Waals surface area contributed by atoms with Crippen LogP contribution in [0, 0.1) is 0 Å². The Morgan fingerprint density at radius 2 is 1.79 bits per heavy atom. The van der Waals surface area contributed by atoms with E-state index < -0.39 is 0 Å². The number of thiophene rings is 1. The van der Waals surface area contributed by atoms with Crippen molar-refractivity contribution in [1.82, 2.24) is 0 Å². The van der Waals surface area contributed by atoms with Gasteiger partial charge in [0.2, 0.25) is 0 Å². The lowest BCUT2D eigenvalue weighted by Gasteiger charge is -2.10. The summed E-state index contributed by atoms with van der Waals surface area (Å²) in [6.45, 7) is 4.49. The Labute approximate surface area is 89.2 Å². The van der Waals surface area contributed by atoms with Gasteiger partial charge in [-0.15, -0.1) is 11.3 Å². The van der Waals surface area contributed by atoms with E-state index in [1.165, 1.54) is 16.0 Å². The average molecular weight is 202 g/mol. The maximum Gasteiger partial charge on any atom is 0.0345 e. The Kier molecular flexibility index (Phi) is 2.69. The number of benzene rings is 1. The lowest BCUT2D eigenvalue weighted by molar-refractivity contribution is 0.869. The molecule has 1 aromatic carbocycles. The van der Waals surface area contributed by atoms with Gasteiger partial charge in [0.05, 0.1) is 0 Å². The van der Waals surface area contributed by atoms with Gasteiger partial charge in [-0.1, -0.05) is 44.2 Å². The molecule has 0 aliphatic heterocycles. The Bertz CT molecular complexity index is 399. The molecule has 0 saturated heterocycles. The van der Waals surface area contributed by atoms with Gasteiger partial charge >= 0.3 is 0 Å².